The van der Waals surface area contributed by atoms with Crippen LogP contribution in [0.3, 0.4) is 0 Å². The number of amides is 1. The number of nitrogen functional groups attached to an aromatic ring is 1. The fourth-order valence-corrected chi connectivity index (χ4v) is 3.43. The Bertz CT molecular complexity index is 444. The summed E-state index contributed by atoms with van der Waals surface area (Å²) >= 11 is 2.02. The van der Waals surface area contributed by atoms with Crippen LogP contribution in [0.2, 0.25) is 0 Å². The van der Waals surface area contributed by atoms with Gasteiger partial charge in [0.25, 0.3) is 5.91 Å². The molecule has 0 bridgehead atoms. The normalized spacial score (nSPS) is 18.9. The van der Waals surface area contributed by atoms with E-state index in [0.29, 0.717) is 16.5 Å². The molecule has 0 radical (unpaired) electrons. The van der Waals surface area contributed by atoms with Gasteiger partial charge in [-0.2, -0.15) is 11.8 Å². The summed E-state index contributed by atoms with van der Waals surface area (Å²) in [5.41, 5.74) is 8.12. The molecule has 1 unspecified atom stereocenters. The number of hydrogen-bond acceptors (Lipinski definition) is 4. The van der Waals surface area contributed by atoms with Gasteiger partial charge >= 0.3 is 0 Å². The smallest absolute Gasteiger partial charge is 0.251 e. The number of carbonyl (C=O) groups excluding carboxylic acids is 1. The molecule has 1 aromatic carbocycles. The van der Waals surface area contributed by atoms with Gasteiger partial charge in [-0.15, -0.1) is 0 Å². The Hall–Kier alpha value is -1.36. The van der Waals surface area contributed by atoms with Crippen molar-refractivity contribution in [2.75, 3.05) is 30.4 Å². The number of thioether (sulfide) groups is 1. The summed E-state index contributed by atoms with van der Waals surface area (Å²) < 4.78 is 0. The zero-order chi connectivity index (χ0) is 13.7. The monoisotopic (exact) mass is 279 g/mol. The summed E-state index contributed by atoms with van der Waals surface area (Å²) in [6.07, 6.45) is 3.90. The first kappa shape index (κ1) is 14.1. The lowest BCUT2D eigenvalue weighted by Gasteiger charge is -2.22. The highest BCUT2D eigenvalue weighted by Gasteiger charge is 2.14. The number of carbonyl (C=O) groups is 1. The summed E-state index contributed by atoms with van der Waals surface area (Å²) in [6.45, 7) is 0.909. The number of nitrogens with one attached hydrogen (secondary N) is 2. The van der Waals surface area contributed by atoms with Gasteiger partial charge in [0.2, 0.25) is 0 Å². The summed E-state index contributed by atoms with van der Waals surface area (Å²) in [7, 11) is 1.63. The van der Waals surface area contributed by atoms with Crippen LogP contribution in [0.1, 0.15) is 29.6 Å². The topological polar surface area (TPSA) is 67.2 Å². The maximum Gasteiger partial charge on any atom is 0.251 e. The number of benzene rings is 1. The molecule has 0 aliphatic carbocycles. The Balaban J connectivity index is 2.00. The zero-order valence-electron chi connectivity index (χ0n) is 11.2. The van der Waals surface area contributed by atoms with Crippen LogP contribution in [0.25, 0.3) is 0 Å². The van der Waals surface area contributed by atoms with E-state index in [1.54, 1.807) is 19.2 Å². The molecule has 1 saturated heterocycles. The lowest BCUT2D eigenvalue weighted by molar-refractivity contribution is 0.0963. The molecule has 4 N–H and O–H groups in total. The second-order valence-electron chi connectivity index (χ2n) is 4.75. The van der Waals surface area contributed by atoms with E-state index in [4.69, 9.17) is 5.73 Å². The summed E-state index contributed by atoms with van der Waals surface area (Å²) in [5.74, 6) is 1.16. The van der Waals surface area contributed by atoms with Crippen LogP contribution in [0.4, 0.5) is 11.4 Å². The lowest BCUT2D eigenvalue weighted by Crippen LogP contribution is -2.21. The largest absolute Gasteiger partial charge is 0.397 e. The van der Waals surface area contributed by atoms with Crippen molar-refractivity contribution in [3.63, 3.8) is 0 Å². The zero-order valence-corrected chi connectivity index (χ0v) is 12.1. The minimum Gasteiger partial charge on any atom is -0.397 e. The third-order valence-corrected chi connectivity index (χ3v) is 4.73. The fourth-order valence-electron chi connectivity index (χ4n) is 2.19. The SMILES string of the molecule is CNC(=O)c1ccc(N)c(NCC2CCCCS2)c1. The van der Waals surface area contributed by atoms with Crippen molar-refractivity contribution in [3.8, 4) is 0 Å². The van der Waals surface area contributed by atoms with Crippen molar-refractivity contribution in [1.29, 1.82) is 0 Å². The van der Waals surface area contributed by atoms with Gasteiger partial charge in [-0.1, -0.05) is 6.42 Å². The van der Waals surface area contributed by atoms with E-state index >= 15 is 0 Å². The van der Waals surface area contributed by atoms with Crippen LogP contribution in [-0.2, 0) is 0 Å². The van der Waals surface area contributed by atoms with Gasteiger partial charge < -0.3 is 16.4 Å². The van der Waals surface area contributed by atoms with E-state index in [-0.39, 0.29) is 5.91 Å². The Labute approximate surface area is 118 Å². The van der Waals surface area contributed by atoms with E-state index in [9.17, 15) is 4.79 Å². The van der Waals surface area contributed by atoms with E-state index in [0.717, 1.165) is 12.2 Å². The average molecular weight is 279 g/mol. The van der Waals surface area contributed by atoms with E-state index < -0.39 is 0 Å². The molecule has 1 atom stereocenters. The highest BCUT2D eigenvalue weighted by molar-refractivity contribution is 7.99. The summed E-state index contributed by atoms with van der Waals surface area (Å²) in [4.78, 5) is 11.6. The molecule has 0 aromatic heterocycles. The molecule has 104 valence electrons. The van der Waals surface area contributed by atoms with Crippen molar-refractivity contribution in [1.82, 2.24) is 5.32 Å². The number of rotatable bonds is 4. The molecule has 5 heteroatoms. The molecular weight excluding hydrogens is 258 g/mol. The Morgan fingerprint density at radius 1 is 1.47 bits per heavy atom. The highest BCUT2D eigenvalue weighted by Crippen LogP contribution is 2.26. The van der Waals surface area contributed by atoms with Gasteiger partial charge in [0.15, 0.2) is 0 Å². The lowest BCUT2D eigenvalue weighted by atomic mass is 10.1. The third-order valence-electron chi connectivity index (χ3n) is 3.34. The summed E-state index contributed by atoms with van der Waals surface area (Å²) in [5, 5.41) is 6.65. The summed E-state index contributed by atoms with van der Waals surface area (Å²) in [6, 6.07) is 5.34. The van der Waals surface area contributed by atoms with E-state index in [2.05, 4.69) is 10.6 Å². The third kappa shape index (κ3) is 3.80. The van der Waals surface area contributed by atoms with Crippen molar-refractivity contribution in [2.45, 2.75) is 24.5 Å². The van der Waals surface area contributed by atoms with Crippen LogP contribution in [0.5, 0.6) is 0 Å². The van der Waals surface area contributed by atoms with Crippen molar-refractivity contribution >= 4 is 29.0 Å². The maximum atomic E-state index is 11.6. The van der Waals surface area contributed by atoms with Crippen LogP contribution >= 0.6 is 11.8 Å². The molecule has 4 nitrogen and oxygen atoms in total. The number of anilines is 2. The van der Waals surface area contributed by atoms with Crippen molar-refractivity contribution < 1.29 is 4.79 Å². The quantitative estimate of drug-likeness (QED) is 0.740. The average Bonchev–Trinajstić information content (AvgIpc) is 2.46. The molecule has 19 heavy (non-hydrogen) atoms. The van der Waals surface area contributed by atoms with Gasteiger partial charge in [-0.3, -0.25) is 4.79 Å². The van der Waals surface area contributed by atoms with E-state index in [1.807, 2.05) is 17.8 Å². The van der Waals surface area contributed by atoms with Gasteiger partial charge in [-0.25, -0.2) is 0 Å². The van der Waals surface area contributed by atoms with Crippen molar-refractivity contribution in [2.24, 2.45) is 0 Å². The van der Waals surface area contributed by atoms with Gasteiger partial charge in [0, 0.05) is 24.4 Å². The standard InChI is InChI=1S/C14H21N3OS/c1-16-14(18)10-5-6-12(15)13(8-10)17-9-11-4-2-3-7-19-11/h5-6,8,11,17H,2-4,7,9,15H2,1H3,(H,16,18). The molecule has 1 aliphatic heterocycles. The maximum absolute atomic E-state index is 11.6. The molecule has 1 amide bonds. The Morgan fingerprint density at radius 2 is 2.32 bits per heavy atom. The van der Waals surface area contributed by atoms with Crippen LogP contribution < -0.4 is 16.4 Å². The van der Waals surface area contributed by atoms with Gasteiger partial charge in [-0.05, 0) is 36.8 Å². The second kappa shape index (κ2) is 6.70. The minimum absolute atomic E-state index is 0.0879. The first-order valence-corrected chi connectivity index (χ1v) is 7.72. The molecule has 0 saturated carbocycles. The van der Waals surface area contributed by atoms with Gasteiger partial charge in [0.05, 0.1) is 11.4 Å². The minimum atomic E-state index is -0.0879. The van der Waals surface area contributed by atoms with Crippen LogP contribution in [0.15, 0.2) is 18.2 Å². The molecular formula is C14H21N3OS. The molecule has 0 spiro atoms. The molecule has 1 aliphatic rings. The molecule has 2 rings (SSSR count). The first-order chi connectivity index (χ1) is 9.20. The fraction of sp³-hybridized carbons (Fsp3) is 0.500. The number of nitrogens with two attached hydrogens (primary N) is 1. The predicted octanol–water partition coefficient (Wildman–Crippen LogP) is 2.33. The van der Waals surface area contributed by atoms with Crippen molar-refractivity contribution in [3.05, 3.63) is 23.8 Å². The Kier molecular flexibility index (Phi) is 4.96. The van der Waals surface area contributed by atoms with Gasteiger partial charge in [0.1, 0.15) is 0 Å². The molecule has 1 aromatic rings. The second-order valence-corrected chi connectivity index (χ2v) is 6.16. The molecule has 1 heterocycles. The highest BCUT2D eigenvalue weighted by atomic mass is 32.2. The van der Waals surface area contributed by atoms with E-state index in [1.165, 1.54) is 25.0 Å². The predicted molar refractivity (Wildman–Crippen MR) is 82.8 cm³/mol. The molecule has 1 fully saturated rings. The van der Waals surface area contributed by atoms with Crippen LogP contribution in [0, 0.1) is 0 Å². The van der Waals surface area contributed by atoms with Crippen LogP contribution in [-0.4, -0.2) is 30.5 Å². The Morgan fingerprint density at radius 3 is 3.00 bits per heavy atom. The first-order valence-electron chi connectivity index (χ1n) is 6.68. The number of hydrogen-bond donors (Lipinski definition) is 3.